The maximum absolute atomic E-state index is 13.1. The molecule has 0 aromatic heterocycles. The van der Waals surface area contributed by atoms with E-state index in [1.165, 1.54) is 0 Å². The van der Waals surface area contributed by atoms with Gasteiger partial charge in [-0.15, -0.1) is 0 Å². The Labute approximate surface area is 162 Å². The first kappa shape index (κ1) is 18.7. The topological polar surface area (TPSA) is 122 Å². The summed E-state index contributed by atoms with van der Waals surface area (Å²) >= 11 is 0. The molecule has 1 aromatic carbocycles. The van der Waals surface area contributed by atoms with Gasteiger partial charge in [0.15, 0.2) is 15.4 Å². The molecule has 4 amide bonds. The molecule has 10 heteroatoms. The number of benzene rings is 1. The predicted octanol–water partition coefficient (Wildman–Crippen LogP) is -0.0904. The number of para-hydroxylation sites is 1. The summed E-state index contributed by atoms with van der Waals surface area (Å²) in [5, 5.41) is 5.40. The minimum Gasteiger partial charge on any atom is -0.493 e. The van der Waals surface area contributed by atoms with Crippen LogP contribution in [0, 0.1) is 0 Å². The number of nitrogens with zero attached hydrogens (tertiary/aromatic N) is 1. The second kappa shape index (κ2) is 6.20. The third-order valence-corrected chi connectivity index (χ3v) is 7.41. The number of hydrogen-bond acceptors (Lipinski definition) is 6. The van der Waals surface area contributed by atoms with Gasteiger partial charge in [-0.2, -0.15) is 0 Å². The normalized spacial score (nSPS) is 30.7. The number of hydrogen-bond donors (Lipinski definition) is 2. The van der Waals surface area contributed by atoms with E-state index in [2.05, 4.69) is 10.6 Å². The molecule has 1 aromatic rings. The number of fused-ring (bicyclic) bond motifs is 2. The van der Waals surface area contributed by atoms with Crippen LogP contribution >= 0.6 is 0 Å². The van der Waals surface area contributed by atoms with Crippen LogP contribution in [0.15, 0.2) is 24.3 Å². The van der Waals surface area contributed by atoms with Crippen LogP contribution in [0.25, 0.3) is 0 Å². The Balaban J connectivity index is 1.52. The monoisotopic (exact) mass is 407 g/mol. The number of amides is 4. The lowest BCUT2D eigenvalue weighted by molar-refractivity contribution is -0.136. The molecule has 9 nitrogen and oxygen atoms in total. The van der Waals surface area contributed by atoms with E-state index in [0.29, 0.717) is 17.7 Å². The Morgan fingerprint density at radius 3 is 2.75 bits per heavy atom. The van der Waals surface area contributed by atoms with Gasteiger partial charge < -0.3 is 15.4 Å². The maximum atomic E-state index is 13.1. The largest absolute Gasteiger partial charge is 0.493 e. The van der Waals surface area contributed by atoms with Crippen molar-refractivity contribution in [2.24, 2.45) is 0 Å². The van der Waals surface area contributed by atoms with Gasteiger partial charge in [0.25, 0.3) is 5.91 Å². The molecule has 28 heavy (non-hydrogen) atoms. The fraction of sp³-hybridized carbons (Fsp3) is 0.500. The molecule has 150 valence electrons. The third-order valence-electron chi connectivity index (χ3n) is 5.50. The molecule has 4 rings (SSSR count). The second-order valence-corrected chi connectivity index (χ2v) is 9.96. The van der Waals surface area contributed by atoms with Crippen molar-refractivity contribution in [3.05, 3.63) is 29.8 Å². The number of carbonyl (C=O) groups excluding carboxylic acids is 3. The van der Waals surface area contributed by atoms with Gasteiger partial charge in [-0.25, -0.2) is 13.2 Å². The van der Waals surface area contributed by atoms with Crippen molar-refractivity contribution in [2.75, 3.05) is 24.7 Å². The Morgan fingerprint density at radius 1 is 1.29 bits per heavy atom. The quantitative estimate of drug-likeness (QED) is 0.676. The van der Waals surface area contributed by atoms with Gasteiger partial charge in [0, 0.05) is 12.0 Å². The number of urea groups is 1. The van der Waals surface area contributed by atoms with Crippen LogP contribution < -0.4 is 15.4 Å². The number of carbonyl (C=O) groups is 3. The molecule has 0 aliphatic carbocycles. The molecule has 3 aliphatic heterocycles. The van der Waals surface area contributed by atoms with Crippen LogP contribution in [0.5, 0.6) is 5.75 Å². The summed E-state index contributed by atoms with van der Waals surface area (Å²) in [4.78, 5) is 39.0. The summed E-state index contributed by atoms with van der Waals surface area (Å²) < 4.78 is 29.0. The minimum absolute atomic E-state index is 0.00675. The molecular weight excluding hydrogens is 386 g/mol. The molecule has 2 fully saturated rings. The van der Waals surface area contributed by atoms with E-state index in [4.69, 9.17) is 4.74 Å². The average molecular weight is 407 g/mol. The van der Waals surface area contributed by atoms with Crippen LogP contribution in [0.1, 0.15) is 25.3 Å². The molecule has 2 saturated heterocycles. The highest BCUT2D eigenvalue weighted by atomic mass is 32.2. The lowest BCUT2D eigenvalue weighted by Gasteiger charge is -2.33. The highest BCUT2D eigenvalue weighted by molar-refractivity contribution is 7.91. The number of imide groups is 1. The van der Waals surface area contributed by atoms with Crippen molar-refractivity contribution in [3.8, 4) is 5.75 Å². The average Bonchev–Trinajstić information content (AvgIpc) is 3.03. The van der Waals surface area contributed by atoms with Crippen LogP contribution in [0.4, 0.5) is 4.79 Å². The fourth-order valence-corrected chi connectivity index (χ4v) is 6.24. The van der Waals surface area contributed by atoms with Gasteiger partial charge in [0.05, 0.1) is 23.7 Å². The summed E-state index contributed by atoms with van der Waals surface area (Å²) in [6.07, 6.45) is 0.568. The third kappa shape index (κ3) is 3.01. The molecule has 0 radical (unpaired) electrons. The van der Waals surface area contributed by atoms with E-state index in [-0.39, 0.29) is 24.5 Å². The van der Waals surface area contributed by atoms with E-state index < -0.39 is 45.3 Å². The number of ether oxygens (including phenoxy) is 1. The van der Waals surface area contributed by atoms with Gasteiger partial charge in [-0.05, 0) is 19.4 Å². The first-order valence-corrected chi connectivity index (χ1v) is 10.8. The van der Waals surface area contributed by atoms with Crippen molar-refractivity contribution in [2.45, 2.75) is 30.8 Å². The SMILES string of the molecule is C[C@@]1(NC(=O)CN2C(=O)N[C@@]3(CCOc4ccccc43)C2=O)CCS(=O)(=O)C1. The Bertz CT molecular complexity index is 977. The molecule has 1 spiro atoms. The first-order chi connectivity index (χ1) is 13.1. The zero-order chi connectivity index (χ0) is 20.2. The molecule has 0 unspecified atom stereocenters. The fourth-order valence-electron chi connectivity index (χ4n) is 4.14. The highest BCUT2D eigenvalue weighted by Gasteiger charge is 2.55. The molecule has 0 bridgehead atoms. The summed E-state index contributed by atoms with van der Waals surface area (Å²) in [6.45, 7) is 1.45. The molecule has 3 aliphatic rings. The van der Waals surface area contributed by atoms with Gasteiger partial charge in [-0.3, -0.25) is 14.5 Å². The Morgan fingerprint density at radius 2 is 2.04 bits per heavy atom. The molecule has 3 heterocycles. The van der Waals surface area contributed by atoms with Gasteiger partial charge in [0.1, 0.15) is 12.3 Å². The zero-order valence-corrected chi connectivity index (χ0v) is 16.2. The molecule has 2 atom stereocenters. The van der Waals surface area contributed by atoms with Crippen molar-refractivity contribution in [3.63, 3.8) is 0 Å². The number of nitrogens with one attached hydrogen (secondary N) is 2. The van der Waals surface area contributed by atoms with Gasteiger partial charge >= 0.3 is 6.03 Å². The summed E-state index contributed by atoms with van der Waals surface area (Å²) in [7, 11) is -3.19. The second-order valence-electron chi connectivity index (χ2n) is 7.77. The van der Waals surface area contributed by atoms with Crippen molar-refractivity contribution in [1.29, 1.82) is 0 Å². The van der Waals surface area contributed by atoms with Crippen LogP contribution in [-0.4, -0.2) is 61.4 Å². The predicted molar refractivity (Wildman–Crippen MR) is 98.3 cm³/mol. The van der Waals surface area contributed by atoms with E-state index in [1.54, 1.807) is 31.2 Å². The van der Waals surface area contributed by atoms with Crippen molar-refractivity contribution >= 4 is 27.7 Å². The van der Waals surface area contributed by atoms with E-state index in [1.807, 2.05) is 0 Å². The summed E-state index contributed by atoms with van der Waals surface area (Å²) in [5.74, 6) is -0.696. The lowest BCUT2D eigenvalue weighted by atomic mass is 9.84. The van der Waals surface area contributed by atoms with Gasteiger partial charge in [-0.1, -0.05) is 18.2 Å². The molecule has 0 saturated carbocycles. The number of rotatable bonds is 3. The van der Waals surface area contributed by atoms with Gasteiger partial charge in [0.2, 0.25) is 5.91 Å². The number of sulfone groups is 1. The highest BCUT2D eigenvalue weighted by Crippen LogP contribution is 2.40. The van der Waals surface area contributed by atoms with Crippen molar-refractivity contribution < 1.29 is 27.5 Å². The lowest BCUT2D eigenvalue weighted by Crippen LogP contribution is -2.52. The Hall–Kier alpha value is -2.62. The smallest absolute Gasteiger partial charge is 0.325 e. The van der Waals surface area contributed by atoms with E-state index in [9.17, 15) is 22.8 Å². The van der Waals surface area contributed by atoms with Crippen LogP contribution in [0.3, 0.4) is 0 Å². The van der Waals surface area contributed by atoms with E-state index >= 15 is 0 Å². The van der Waals surface area contributed by atoms with Crippen LogP contribution in [-0.2, 0) is 25.0 Å². The molecule has 2 N–H and O–H groups in total. The Kier molecular flexibility index (Phi) is 4.14. The maximum Gasteiger partial charge on any atom is 0.325 e. The van der Waals surface area contributed by atoms with Crippen molar-refractivity contribution in [1.82, 2.24) is 15.5 Å². The summed E-state index contributed by atoms with van der Waals surface area (Å²) in [5.41, 5.74) is -1.57. The zero-order valence-electron chi connectivity index (χ0n) is 15.4. The van der Waals surface area contributed by atoms with E-state index in [0.717, 1.165) is 4.90 Å². The van der Waals surface area contributed by atoms with Crippen LogP contribution in [0.2, 0.25) is 0 Å². The first-order valence-electron chi connectivity index (χ1n) is 9.02. The summed E-state index contributed by atoms with van der Waals surface area (Å²) in [6, 6.07) is 6.33. The standard InChI is InChI=1S/C18H21N3O6S/c1-17(7-9-28(25,26)11-17)19-14(22)10-21-15(23)18(20-16(21)24)6-8-27-13-5-3-2-4-12(13)18/h2-5H,6-11H2,1H3,(H,19,22)(H,20,24)/t17-,18-/m1/s1. The molecular formula is C18H21N3O6S. The minimum atomic E-state index is -3.19.